The normalized spacial score (nSPS) is 10.8. The van der Waals surface area contributed by atoms with Gasteiger partial charge in [-0.3, -0.25) is 0 Å². The molecule has 0 aliphatic heterocycles. The minimum absolute atomic E-state index is 0.971. The molecule has 2 aromatic rings. The number of allylic oxidation sites excluding steroid dienone is 1. The SMILES string of the molecule is Cc1ccc(C=CC[B]c2ccccc2C)cc1. The van der Waals surface area contributed by atoms with Crippen molar-refractivity contribution in [1.82, 2.24) is 0 Å². The largest absolute Gasteiger partial charge is 0.156 e. The molecule has 0 heterocycles. The lowest BCUT2D eigenvalue weighted by Gasteiger charge is -2.01. The quantitative estimate of drug-likeness (QED) is 0.705. The highest BCUT2D eigenvalue weighted by molar-refractivity contribution is 6.54. The van der Waals surface area contributed by atoms with Gasteiger partial charge in [0.05, 0.1) is 0 Å². The highest BCUT2D eigenvalue weighted by Crippen LogP contribution is 2.05. The molecule has 0 aromatic heterocycles. The van der Waals surface area contributed by atoms with Crippen LogP contribution in [0.15, 0.2) is 54.6 Å². The number of rotatable bonds is 4. The van der Waals surface area contributed by atoms with E-state index in [-0.39, 0.29) is 0 Å². The highest BCUT2D eigenvalue weighted by Gasteiger charge is 1.96. The van der Waals surface area contributed by atoms with Gasteiger partial charge in [0.2, 0.25) is 0 Å². The van der Waals surface area contributed by atoms with Crippen LogP contribution in [0, 0.1) is 13.8 Å². The van der Waals surface area contributed by atoms with Crippen molar-refractivity contribution < 1.29 is 0 Å². The summed E-state index contributed by atoms with van der Waals surface area (Å²) in [6.07, 6.45) is 5.35. The molecule has 89 valence electrons. The van der Waals surface area contributed by atoms with E-state index in [1.165, 1.54) is 22.2 Å². The summed E-state index contributed by atoms with van der Waals surface area (Å²) in [5, 5.41) is 0. The zero-order valence-corrected chi connectivity index (χ0v) is 11.1. The van der Waals surface area contributed by atoms with Gasteiger partial charge in [-0.2, -0.15) is 0 Å². The number of hydrogen-bond acceptors (Lipinski definition) is 0. The molecule has 0 bridgehead atoms. The van der Waals surface area contributed by atoms with Crippen molar-refractivity contribution in [1.29, 1.82) is 0 Å². The fourth-order valence-corrected chi connectivity index (χ4v) is 1.89. The molecule has 2 aromatic carbocycles. The van der Waals surface area contributed by atoms with Gasteiger partial charge in [-0.05, 0) is 19.4 Å². The molecule has 0 saturated carbocycles. The molecule has 0 nitrogen and oxygen atoms in total. The van der Waals surface area contributed by atoms with Crippen molar-refractivity contribution in [2.24, 2.45) is 0 Å². The van der Waals surface area contributed by atoms with Gasteiger partial charge in [-0.25, -0.2) is 0 Å². The molecule has 0 aliphatic carbocycles. The van der Waals surface area contributed by atoms with Crippen LogP contribution in [0.1, 0.15) is 16.7 Å². The Bertz CT molecular complexity index is 524. The Hall–Kier alpha value is -1.76. The van der Waals surface area contributed by atoms with Gasteiger partial charge in [0, 0.05) is 0 Å². The van der Waals surface area contributed by atoms with Gasteiger partial charge in [-0.15, -0.1) is 0 Å². The summed E-state index contributed by atoms with van der Waals surface area (Å²) < 4.78 is 0. The first-order valence-electron chi connectivity index (χ1n) is 6.38. The molecule has 0 amide bonds. The number of hydrogen-bond donors (Lipinski definition) is 0. The van der Waals surface area contributed by atoms with Crippen LogP contribution in [0.4, 0.5) is 0 Å². The molecule has 1 heteroatoms. The second-order valence-electron chi connectivity index (χ2n) is 4.61. The smallest absolute Gasteiger partial charge is 0.0913 e. The molecule has 2 rings (SSSR count). The average molecular weight is 233 g/mol. The molecule has 0 fully saturated rings. The second kappa shape index (κ2) is 6.25. The minimum Gasteiger partial charge on any atom is -0.0913 e. The van der Waals surface area contributed by atoms with E-state index in [1.807, 2.05) is 0 Å². The van der Waals surface area contributed by atoms with Gasteiger partial charge in [0.25, 0.3) is 0 Å². The zero-order chi connectivity index (χ0) is 12.8. The molecule has 1 radical (unpaired) electrons. The highest BCUT2D eigenvalue weighted by atomic mass is 13.9. The first kappa shape index (κ1) is 12.7. The Morgan fingerprint density at radius 1 is 0.944 bits per heavy atom. The first-order valence-corrected chi connectivity index (χ1v) is 6.38. The maximum Gasteiger partial charge on any atom is 0.156 e. The molecular weight excluding hydrogens is 215 g/mol. The van der Waals surface area contributed by atoms with E-state index in [9.17, 15) is 0 Å². The predicted molar refractivity (Wildman–Crippen MR) is 81.6 cm³/mol. The van der Waals surface area contributed by atoms with Crippen molar-refractivity contribution in [3.05, 3.63) is 71.3 Å². The van der Waals surface area contributed by atoms with Crippen LogP contribution in [0.25, 0.3) is 6.08 Å². The predicted octanol–water partition coefficient (Wildman–Crippen LogP) is 3.76. The van der Waals surface area contributed by atoms with E-state index in [1.54, 1.807) is 0 Å². The molecule has 0 unspecified atom stereocenters. The van der Waals surface area contributed by atoms with Crippen LogP contribution in [-0.4, -0.2) is 7.28 Å². The molecule has 0 spiro atoms. The number of aryl methyl sites for hydroxylation is 2. The monoisotopic (exact) mass is 233 g/mol. The summed E-state index contributed by atoms with van der Waals surface area (Å²) in [5.74, 6) is 0. The van der Waals surface area contributed by atoms with Crippen LogP contribution < -0.4 is 5.46 Å². The second-order valence-corrected chi connectivity index (χ2v) is 4.61. The summed E-state index contributed by atoms with van der Waals surface area (Å²) in [6, 6.07) is 17.1. The Balaban J connectivity index is 1.89. The minimum atomic E-state index is 0.971. The van der Waals surface area contributed by atoms with Crippen molar-refractivity contribution in [2.75, 3.05) is 0 Å². The Kier molecular flexibility index (Phi) is 4.41. The van der Waals surface area contributed by atoms with Crippen LogP contribution >= 0.6 is 0 Å². The maximum atomic E-state index is 2.26. The Labute approximate surface area is 111 Å². The lowest BCUT2D eigenvalue weighted by Crippen LogP contribution is -2.15. The summed E-state index contributed by atoms with van der Waals surface area (Å²) in [7, 11) is 2.26. The topological polar surface area (TPSA) is 0 Å². The zero-order valence-electron chi connectivity index (χ0n) is 11.1. The molecule has 18 heavy (non-hydrogen) atoms. The van der Waals surface area contributed by atoms with Crippen LogP contribution in [0.5, 0.6) is 0 Å². The molecule has 0 saturated heterocycles. The molecular formula is C17H18B. The first-order chi connectivity index (χ1) is 8.75. The van der Waals surface area contributed by atoms with E-state index in [0.29, 0.717) is 0 Å². The van der Waals surface area contributed by atoms with Crippen molar-refractivity contribution >= 4 is 18.8 Å². The maximum absolute atomic E-state index is 2.26. The fourth-order valence-electron chi connectivity index (χ4n) is 1.89. The average Bonchev–Trinajstić information content (AvgIpc) is 2.39. The molecule has 0 N–H and O–H groups in total. The summed E-state index contributed by atoms with van der Waals surface area (Å²) in [5.41, 5.74) is 5.23. The van der Waals surface area contributed by atoms with Gasteiger partial charge in [0.15, 0.2) is 7.28 Å². The fraction of sp³-hybridized carbons (Fsp3) is 0.176. The van der Waals surface area contributed by atoms with E-state index in [4.69, 9.17) is 0 Å². The summed E-state index contributed by atoms with van der Waals surface area (Å²) in [6.45, 7) is 4.26. The third-order valence-corrected chi connectivity index (χ3v) is 3.05. The summed E-state index contributed by atoms with van der Waals surface area (Å²) >= 11 is 0. The third-order valence-electron chi connectivity index (χ3n) is 3.05. The molecule has 0 aliphatic rings. The van der Waals surface area contributed by atoms with Crippen molar-refractivity contribution in [2.45, 2.75) is 20.2 Å². The van der Waals surface area contributed by atoms with Crippen LogP contribution in [0.2, 0.25) is 6.32 Å². The van der Waals surface area contributed by atoms with E-state index < -0.39 is 0 Å². The van der Waals surface area contributed by atoms with Crippen LogP contribution in [0.3, 0.4) is 0 Å². The number of benzene rings is 2. The Morgan fingerprint density at radius 2 is 1.67 bits per heavy atom. The van der Waals surface area contributed by atoms with E-state index in [2.05, 4.69) is 81.8 Å². The Morgan fingerprint density at radius 3 is 2.39 bits per heavy atom. The van der Waals surface area contributed by atoms with Gasteiger partial charge in [0.1, 0.15) is 0 Å². The standard InChI is InChI=1S/C17H18B/c1-14-9-11-16(12-10-14)7-5-13-18-17-8-4-3-6-15(17)2/h3-12H,13H2,1-2H3. The van der Waals surface area contributed by atoms with Crippen LogP contribution in [-0.2, 0) is 0 Å². The van der Waals surface area contributed by atoms with E-state index >= 15 is 0 Å². The lowest BCUT2D eigenvalue weighted by atomic mass is 9.65. The van der Waals surface area contributed by atoms with Gasteiger partial charge >= 0.3 is 0 Å². The van der Waals surface area contributed by atoms with Gasteiger partial charge < -0.3 is 0 Å². The summed E-state index contributed by atoms with van der Waals surface area (Å²) in [4.78, 5) is 0. The van der Waals surface area contributed by atoms with E-state index in [0.717, 1.165) is 6.32 Å². The van der Waals surface area contributed by atoms with Crippen molar-refractivity contribution in [3.8, 4) is 0 Å². The third kappa shape index (κ3) is 3.63. The molecule has 0 atom stereocenters. The van der Waals surface area contributed by atoms with Gasteiger partial charge in [-0.1, -0.05) is 83.6 Å². The lowest BCUT2D eigenvalue weighted by molar-refractivity contribution is 1.46. The van der Waals surface area contributed by atoms with Crippen molar-refractivity contribution in [3.63, 3.8) is 0 Å².